The highest BCUT2D eigenvalue weighted by Gasteiger charge is 2.09. The smallest absolute Gasteiger partial charge is 0.125 e. The van der Waals surface area contributed by atoms with Gasteiger partial charge in [-0.05, 0) is 78.6 Å². The lowest BCUT2D eigenvalue weighted by Crippen LogP contribution is -2.01. The van der Waals surface area contributed by atoms with Crippen LogP contribution in [0.1, 0.15) is 29.2 Å². The zero-order valence-electron chi connectivity index (χ0n) is 18.5. The third-order valence-electron chi connectivity index (χ3n) is 5.41. The zero-order chi connectivity index (χ0) is 22.3. The van der Waals surface area contributed by atoms with Crippen molar-refractivity contribution in [1.29, 1.82) is 0 Å². The number of allylic oxidation sites excluding steroid dienone is 1. The summed E-state index contributed by atoms with van der Waals surface area (Å²) in [6.07, 6.45) is 2.10. The molecule has 0 aliphatic carbocycles. The fourth-order valence-electron chi connectivity index (χ4n) is 3.70. The Balaban J connectivity index is 1.46. The Hall–Kier alpha value is -3.98. The maximum atomic E-state index is 10.6. The van der Waals surface area contributed by atoms with Gasteiger partial charge in [-0.15, -0.1) is 0 Å². The van der Waals surface area contributed by atoms with Crippen LogP contribution in [-0.4, -0.2) is 5.11 Å². The fraction of sp³-hybridized carbons (Fsp3) is 0.103. The predicted molar refractivity (Wildman–Crippen MR) is 136 cm³/mol. The van der Waals surface area contributed by atoms with Gasteiger partial charge in [0, 0.05) is 29.2 Å². The first-order valence-corrected chi connectivity index (χ1v) is 10.8. The number of hydrogen-bond donors (Lipinski definition) is 3. The number of aromatic hydroxyl groups is 1. The highest BCUT2D eigenvalue weighted by molar-refractivity contribution is 5.83. The van der Waals surface area contributed by atoms with Crippen molar-refractivity contribution in [2.24, 2.45) is 0 Å². The van der Waals surface area contributed by atoms with Crippen LogP contribution in [0.4, 0.5) is 17.1 Å². The first-order valence-electron chi connectivity index (χ1n) is 10.8. The standard InChI is InChI=1S/C29H28N2O/c1-21(17-23-9-5-3-6-10-23)28-19-24(18-22(2)29(28)32)20-30-25-13-15-27(16-14-25)31-26-11-7-4-8-12-26/h3-19,30-32H,20H2,1-2H3. The van der Waals surface area contributed by atoms with Crippen molar-refractivity contribution in [3.8, 4) is 5.75 Å². The van der Waals surface area contributed by atoms with Crippen LogP contribution in [0.25, 0.3) is 11.6 Å². The third-order valence-corrected chi connectivity index (χ3v) is 5.41. The quantitative estimate of drug-likeness (QED) is 0.269. The average molecular weight is 421 g/mol. The Morgan fingerprint density at radius 3 is 2.06 bits per heavy atom. The molecule has 4 aromatic carbocycles. The molecule has 3 heteroatoms. The maximum Gasteiger partial charge on any atom is 0.125 e. The lowest BCUT2D eigenvalue weighted by atomic mass is 9.98. The van der Waals surface area contributed by atoms with Gasteiger partial charge >= 0.3 is 0 Å². The van der Waals surface area contributed by atoms with Gasteiger partial charge in [0.15, 0.2) is 0 Å². The summed E-state index contributed by atoms with van der Waals surface area (Å²) in [5.41, 5.74) is 8.20. The second kappa shape index (κ2) is 9.88. The molecule has 0 radical (unpaired) electrons. The van der Waals surface area contributed by atoms with Crippen LogP contribution in [0.15, 0.2) is 97.1 Å². The monoisotopic (exact) mass is 420 g/mol. The highest BCUT2D eigenvalue weighted by Crippen LogP contribution is 2.31. The summed E-state index contributed by atoms with van der Waals surface area (Å²) in [4.78, 5) is 0. The number of phenols is 1. The summed E-state index contributed by atoms with van der Waals surface area (Å²) in [6, 6.07) is 32.7. The molecule has 0 saturated heterocycles. The summed E-state index contributed by atoms with van der Waals surface area (Å²) in [5.74, 6) is 0.342. The SMILES string of the molecule is CC(=Cc1ccccc1)c1cc(CNc2ccc(Nc3ccccc3)cc2)cc(C)c1O. The van der Waals surface area contributed by atoms with Crippen molar-refractivity contribution >= 4 is 28.7 Å². The number of aryl methyl sites for hydroxylation is 1. The number of benzene rings is 4. The van der Waals surface area contributed by atoms with Gasteiger partial charge in [0.2, 0.25) is 0 Å². The van der Waals surface area contributed by atoms with E-state index in [1.165, 1.54) is 0 Å². The van der Waals surface area contributed by atoms with Crippen LogP contribution in [0.5, 0.6) is 5.75 Å². The van der Waals surface area contributed by atoms with Crippen molar-refractivity contribution in [3.63, 3.8) is 0 Å². The molecule has 160 valence electrons. The Labute approximate surface area is 190 Å². The number of phenolic OH excluding ortho intramolecular Hbond substituents is 1. The van der Waals surface area contributed by atoms with E-state index in [-0.39, 0.29) is 0 Å². The number of hydrogen-bond acceptors (Lipinski definition) is 3. The molecule has 32 heavy (non-hydrogen) atoms. The molecular formula is C29H28N2O. The van der Waals surface area contributed by atoms with Crippen molar-refractivity contribution in [2.45, 2.75) is 20.4 Å². The molecule has 4 rings (SSSR count). The van der Waals surface area contributed by atoms with Gasteiger partial charge < -0.3 is 15.7 Å². The van der Waals surface area contributed by atoms with Crippen molar-refractivity contribution in [2.75, 3.05) is 10.6 Å². The summed E-state index contributed by atoms with van der Waals surface area (Å²) in [6.45, 7) is 4.66. The molecule has 0 aromatic heterocycles. The van der Waals surface area contributed by atoms with Crippen LogP contribution < -0.4 is 10.6 Å². The molecular weight excluding hydrogens is 392 g/mol. The van der Waals surface area contributed by atoms with Gasteiger partial charge in [-0.2, -0.15) is 0 Å². The lowest BCUT2D eigenvalue weighted by Gasteiger charge is -2.13. The Bertz CT molecular complexity index is 1200. The topological polar surface area (TPSA) is 44.3 Å². The van der Waals surface area contributed by atoms with Crippen LogP contribution in [0, 0.1) is 6.92 Å². The van der Waals surface area contributed by atoms with Gasteiger partial charge in [-0.25, -0.2) is 0 Å². The van der Waals surface area contributed by atoms with Gasteiger partial charge in [-0.3, -0.25) is 0 Å². The van der Waals surface area contributed by atoms with Crippen LogP contribution in [0.3, 0.4) is 0 Å². The summed E-state index contributed by atoms with van der Waals surface area (Å²) < 4.78 is 0. The molecule has 0 amide bonds. The van der Waals surface area contributed by atoms with E-state index in [4.69, 9.17) is 0 Å². The van der Waals surface area contributed by atoms with E-state index in [2.05, 4.69) is 59.2 Å². The van der Waals surface area contributed by atoms with E-state index in [0.717, 1.165) is 44.9 Å². The molecule has 0 aliphatic heterocycles. The number of rotatable bonds is 7. The highest BCUT2D eigenvalue weighted by atomic mass is 16.3. The molecule has 0 aliphatic rings. The molecule has 4 aromatic rings. The predicted octanol–water partition coefficient (Wildman–Crippen LogP) is 7.62. The molecule has 3 nitrogen and oxygen atoms in total. The molecule has 0 saturated carbocycles. The van der Waals surface area contributed by atoms with E-state index in [9.17, 15) is 5.11 Å². The Morgan fingerprint density at radius 1 is 0.781 bits per heavy atom. The molecule has 0 bridgehead atoms. The number of anilines is 3. The first kappa shape index (κ1) is 21.3. The van der Waals surface area contributed by atoms with E-state index in [1.54, 1.807) is 0 Å². The zero-order valence-corrected chi connectivity index (χ0v) is 18.5. The second-order valence-corrected chi connectivity index (χ2v) is 7.97. The third kappa shape index (κ3) is 5.38. The van der Waals surface area contributed by atoms with Crippen LogP contribution in [0.2, 0.25) is 0 Å². The minimum Gasteiger partial charge on any atom is -0.507 e. The van der Waals surface area contributed by atoms with Crippen molar-refractivity contribution < 1.29 is 5.11 Å². The van der Waals surface area contributed by atoms with E-state index < -0.39 is 0 Å². The lowest BCUT2D eigenvalue weighted by molar-refractivity contribution is 0.469. The van der Waals surface area contributed by atoms with E-state index in [0.29, 0.717) is 12.3 Å². The van der Waals surface area contributed by atoms with E-state index in [1.807, 2.05) is 68.4 Å². The van der Waals surface area contributed by atoms with Gasteiger partial charge in [0.05, 0.1) is 0 Å². The van der Waals surface area contributed by atoms with Crippen molar-refractivity contribution in [1.82, 2.24) is 0 Å². The molecule has 3 N–H and O–H groups in total. The van der Waals surface area contributed by atoms with Gasteiger partial charge in [-0.1, -0.05) is 60.7 Å². The minimum atomic E-state index is 0.342. The summed E-state index contributed by atoms with van der Waals surface area (Å²) in [5, 5.41) is 17.5. The molecule has 0 unspecified atom stereocenters. The van der Waals surface area contributed by atoms with Gasteiger partial charge in [0.25, 0.3) is 0 Å². The number of para-hydroxylation sites is 1. The molecule has 0 spiro atoms. The van der Waals surface area contributed by atoms with Crippen molar-refractivity contribution in [3.05, 3.63) is 119 Å². The molecule has 0 atom stereocenters. The molecule has 0 heterocycles. The Kier molecular flexibility index (Phi) is 6.57. The maximum absolute atomic E-state index is 10.6. The fourth-order valence-corrected chi connectivity index (χ4v) is 3.70. The normalized spacial score (nSPS) is 11.2. The largest absolute Gasteiger partial charge is 0.507 e. The Morgan fingerprint density at radius 2 is 1.38 bits per heavy atom. The van der Waals surface area contributed by atoms with E-state index >= 15 is 0 Å². The average Bonchev–Trinajstić information content (AvgIpc) is 2.82. The number of nitrogens with one attached hydrogen (secondary N) is 2. The van der Waals surface area contributed by atoms with Crippen LogP contribution >= 0.6 is 0 Å². The van der Waals surface area contributed by atoms with Crippen LogP contribution in [-0.2, 0) is 6.54 Å². The second-order valence-electron chi connectivity index (χ2n) is 7.97. The minimum absolute atomic E-state index is 0.342. The molecule has 0 fully saturated rings. The summed E-state index contributed by atoms with van der Waals surface area (Å²) >= 11 is 0. The van der Waals surface area contributed by atoms with Gasteiger partial charge in [0.1, 0.15) is 5.75 Å². The summed E-state index contributed by atoms with van der Waals surface area (Å²) in [7, 11) is 0. The first-order chi connectivity index (χ1) is 15.6.